The van der Waals surface area contributed by atoms with Gasteiger partial charge in [0.1, 0.15) is 0 Å². The van der Waals surface area contributed by atoms with E-state index in [-0.39, 0.29) is 23.7 Å². The van der Waals surface area contributed by atoms with E-state index in [1.165, 1.54) is 0 Å². The maximum atomic E-state index is 12.6. The molecule has 6 nitrogen and oxygen atoms in total. The lowest BCUT2D eigenvalue weighted by atomic mass is 9.82. The first kappa shape index (κ1) is 16.2. The predicted octanol–water partition coefficient (Wildman–Crippen LogP) is 2.50. The summed E-state index contributed by atoms with van der Waals surface area (Å²) >= 11 is 0. The van der Waals surface area contributed by atoms with Gasteiger partial charge >= 0.3 is 5.97 Å². The minimum atomic E-state index is -0.920. The van der Waals surface area contributed by atoms with Gasteiger partial charge in [-0.05, 0) is 36.5 Å². The van der Waals surface area contributed by atoms with Crippen LogP contribution < -0.4 is 10.6 Å². The lowest BCUT2D eigenvalue weighted by molar-refractivity contribution is -0.146. The number of fused-ring (bicyclic) bond motifs is 2. The highest BCUT2D eigenvalue weighted by Crippen LogP contribution is 2.48. The van der Waals surface area contributed by atoms with E-state index in [9.17, 15) is 19.5 Å². The minimum absolute atomic E-state index is 0.0147. The zero-order valence-electron chi connectivity index (χ0n) is 13.4. The number of amides is 2. The first-order valence-corrected chi connectivity index (χ1v) is 8.11. The van der Waals surface area contributed by atoms with Crippen molar-refractivity contribution >= 4 is 29.2 Å². The van der Waals surface area contributed by atoms with Crippen molar-refractivity contribution < 1.29 is 19.5 Å². The molecule has 0 radical (unpaired) electrons. The number of benzene rings is 1. The lowest BCUT2D eigenvalue weighted by Gasteiger charge is -2.24. The highest BCUT2D eigenvalue weighted by atomic mass is 16.4. The van der Waals surface area contributed by atoms with Crippen LogP contribution in [0.5, 0.6) is 0 Å². The van der Waals surface area contributed by atoms with Crippen LogP contribution in [0.1, 0.15) is 19.8 Å². The van der Waals surface area contributed by atoms with Crippen LogP contribution in [-0.4, -0.2) is 22.9 Å². The van der Waals surface area contributed by atoms with Crippen LogP contribution >= 0.6 is 0 Å². The maximum absolute atomic E-state index is 12.6. The molecule has 1 aromatic carbocycles. The van der Waals surface area contributed by atoms with Crippen LogP contribution in [0.25, 0.3) is 0 Å². The number of aliphatic carboxylic acids is 1. The van der Waals surface area contributed by atoms with E-state index in [0.717, 1.165) is 6.42 Å². The molecule has 2 amide bonds. The molecule has 0 heterocycles. The molecule has 0 spiro atoms. The molecular weight excluding hydrogens is 308 g/mol. The molecule has 6 heteroatoms. The normalized spacial score (nSPS) is 27.0. The van der Waals surface area contributed by atoms with E-state index in [2.05, 4.69) is 10.6 Å². The first-order valence-electron chi connectivity index (χ1n) is 8.11. The van der Waals surface area contributed by atoms with E-state index in [1.807, 2.05) is 12.2 Å². The molecule has 2 aliphatic carbocycles. The molecule has 2 bridgehead atoms. The number of nitrogens with one attached hydrogen (secondary N) is 2. The average Bonchev–Trinajstić information content (AvgIpc) is 3.15. The smallest absolute Gasteiger partial charge is 0.307 e. The Morgan fingerprint density at radius 3 is 2.33 bits per heavy atom. The number of carboxylic acids is 1. The average molecular weight is 328 g/mol. The fraction of sp³-hybridized carbons (Fsp3) is 0.389. The number of hydrogen-bond donors (Lipinski definition) is 3. The van der Waals surface area contributed by atoms with Crippen LogP contribution in [0.15, 0.2) is 36.4 Å². The van der Waals surface area contributed by atoms with Crippen molar-refractivity contribution in [2.24, 2.45) is 23.7 Å². The Hall–Kier alpha value is -2.63. The van der Waals surface area contributed by atoms with Crippen molar-refractivity contribution in [1.29, 1.82) is 0 Å². The fourth-order valence-electron chi connectivity index (χ4n) is 3.67. The van der Waals surface area contributed by atoms with Gasteiger partial charge in [-0.15, -0.1) is 0 Å². The standard InChI is InChI=1S/C18H20N2O4/c1-2-14(21)19-12-4-3-5-13(9-12)20-17(22)15-10-6-7-11(8-10)16(15)18(23)24/h3-7,9-11,15-16H,2,8H2,1H3,(H,19,21)(H,20,22)(H,23,24)/t10-,11-,15+,16-/m0/s1. The number of carbonyl (C=O) groups excluding carboxylic acids is 2. The lowest BCUT2D eigenvalue weighted by Crippen LogP contribution is -2.36. The summed E-state index contributed by atoms with van der Waals surface area (Å²) < 4.78 is 0. The summed E-state index contributed by atoms with van der Waals surface area (Å²) in [5.74, 6) is -2.59. The summed E-state index contributed by atoms with van der Waals surface area (Å²) in [5.41, 5.74) is 1.15. The Kier molecular flexibility index (Phi) is 4.38. The summed E-state index contributed by atoms with van der Waals surface area (Å²) in [7, 11) is 0. The van der Waals surface area contributed by atoms with Gasteiger partial charge in [-0.3, -0.25) is 14.4 Å². The van der Waals surface area contributed by atoms with E-state index in [0.29, 0.717) is 17.8 Å². The summed E-state index contributed by atoms with van der Waals surface area (Å²) in [4.78, 5) is 35.6. The summed E-state index contributed by atoms with van der Waals surface area (Å²) in [5, 5.41) is 15.0. The Labute approximate surface area is 139 Å². The molecule has 1 aromatic rings. The third-order valence-corrected chi connectivity index (χ3v) is 4.78. The van der Waals surface area contributed by atoms with Gasteiger partial charge in [-0.25, -0.2) is 0 Å². The van der Waals surface area contributed by atoms with Gasteiger partial charge in [-0.1, -0.05) is 25.1 Å². The van der Waals surface area contributed by atoms with Gasteiger partial charge in [0.15, 0.2) is 0 Å². The molecule has 0 aromatic heterocycles. The van der Waals surface area contributed by atoms with Gasteiger partial charge in [0, 0.05) is 17.8 Å². The van der Waals surface area contributed by atoms with Gasteiger partial charge in [0.25, 0.3) is 0 Å². The Balaban J connectivity index is 1.73. The summed E-state index contributed by atoms with van der Waals surface area (Å²) in [6.45, 7) is 1.76. The molecule has 0 saturated heterocycles. The number of carboxylic acid groups (broad SMARTS) is 1. The van der Waals surface area contributed by atoms with Crippen molar-refractivity contribution in [3.63, 3.8) is 0 Å². The molecule has 1 saturated carbocycles. The van der Waals surface area contributed by atoms with Crippen molar-refractivity contribution in [3.05, 3.63) is 36.4 Å². The minimum Gasteiger partial charge on any atom is -0.481 e. The molecule has 3 rings (SSSR count). The fourth-order valence-corrected chi connectivity index (χ4v) is 3.67. The molecule has 3 N–H and O–H groups in total. The van der Waals surface area contributed by atoms with Gasteiger partial charge in [0.05, 0.1) is 11.8 Å². The Morgan fingerprint density at radius 1 is 1.08 bits per heavy atom. The van der Waals surface area contributed by atoms with Crippen LogP contribution in [0.2, 0.25) is 0 Å². The van der Waals surface area contributed by atoms with E-state index in [4.69, 9.17) is 0 Å². The summed E-state index contributed by atoms with van der Waals surface area (Å²) in [6, 6.07) is 6.86. The maximum Gasteiger partial charge on any atom is 0.307 e. The van der Waals surface area contributed by atoms with Crippen molar-refractivity contribution in [1.82, 2.24) is 0 Å². The number of allylic oxidation sites excluding steroid dienone is 2. The highest BCUT2D eigenvalue weighted by molar-refractivity contribution is 5.97. The van der Waals surface area contributed by atoms with Crippen molar-refractivity contribution in [2.45, 2.75) is 19.8 Å². The highest BCUT2D eigenvalue weighted by Gasteiger charge is 2.51. The predicted molar refractivity (Wildman–Crippen MR) is 89.3 cm³/mol. The molecule has 2 aliphatic rings. The van der Waals surface area contributed by atoms with Gasteiger partial charge < -0.3 is 15.7 Å². The van der Waals surface area contributed by atoms with Crippen LogP contribution in [-0.2, 0) is 14.4 Å². The van der Waals surface area contributed by atoms with E-state index < -0.39 is 17.8 Å². The second-order valence-electron chi connectivity index (χ2n) is 6.31. The second kappa shape index (κ2) is 6.47. The quantitative estimate of drug-likeness (QED) is 0.724. The van der Waals surface area contributed by atoms with Crippen molar-refractivity contribution in [3.8, 4) is 0 Å². The molecule has 0 aliphatic heterocycles. The first-order chi connectivity index (χ1) is 11.5. The molecule has 4 atom stereocenters. The topological polar surface area (TPSA) is 95.5 Å². The molecule has 0 unspecified atom stereocenters. The van der Waals surface area contributed by atoms with Crippen LogP contribution in [0.4, 0.5) is 11.4 Å². The Morgan fingerprint density at radius 2 is 1.71 bits per heavy atom. The third-order valence-electron chi connectivity index (χ3n) is 4.78. The van der Waals surface area contributed by atoms with E-state index >= 15 is 0 Å². The monoisotopic (exact) mass is 328 g/mol. The van der Waals surface area contributed by atoms with Crippen LogP contribution in [0, 0.1) is 23.7 Å². The SMILES string of the molecule is CCC(=O)Nc1cccc(NC(=O)[C@H]2[C@@H](C(=O)O)[C@H]3C=C[C@H]2C3)c1. The molecule has 126 valence electrons. The van der Waals surface area contributed by atoms with E-state index in [1.54, 1.807) is 31.2 Å². The summed E-state index contributed by atoms with van der Waals surface area (Å²) in [6.07, 6.45) is 4.95. The van der Waals surface area contributed by atoms with Gasteiger partial charge in [-0.2, -0.15) is 0 Å². The molecule has 1 fully saturated rings. The van der Waals surface area contributed by atoms with Gasteiger partial charge in [0.2, 0.25) is 11.8 Å². The molecule has 24 heavy (non-hydrogen) atoms. The zero-order chi connectivity index (χ0) is 17.3. The second-order valence-corrected chi connectivity index (χ2v) is 6.31. The zero-order valence-corrected chi connectivity index (χ0v) is 13.4. The molecular formula is C18H20N2O4. The van der Waals surface area contributed by atoms with Crippen molar-refractivity contribution in [2.75, 3.05) is 10.6 Å². The number of rotatable bonds is 5. The van der Waals surface area contributed by atoms with Crippen LogP contribution in [0.3, 0.4) is 0 Å². The number of anilines is 2. The number of carbonyl (C=O) groups is 3. The third kappa shape index (κ3) is 3.04. The Bertz CT molecular complexity index is 713. The number of hydrogen-bond acceptors (Lipinski definition) is 3. The largest absolute Gasteiger partial charge is 0.481 e.